The molecular formula is C29H40Cl2O. The quantitative estimate of drug-likeness (QED) is 0.278. The summed E-state index contributed by atoms with van der Waals surface area (Å²) in [6.45, 7) is 5.17. The Morgan fingerprint density at radius 3 is 2.06 bits per heavy atom. The first-order valence-corrected chi connectivity index (χ1v) is 13.6. The smallest absolute Gasteiger partial charge is 0.137 e. The molecule has 0 heterocycles. The summed E-state index contributed by atoms with van der Waals surface area (Å²) < 4.78 is 5.76. The molecule has 176 valence electrons. The number of unbranched alkanes of at least 4 members (excludes halogenated alkanes) is 3. The van der Waals surface area contributed by atoms with Crippen molar-refractivity contribution in [1.82, 2.24) is 0 Å². The molecule has 0 radical (unpaired) electrons. The summed E-state index contributed by atoms with van der Waals surface area (Å²) in [5, 5.41) is 1.66. The highest BCUT2D eigenvalue weighted by Gasteiger charge is 2.23. The molecular weight excluding hydrogens is 435 g/mol. The van der Waals surface area contributed by atoms with E-state index < -0.39 is 0 Å². The third-order valence-electron chi connectivity index (χ3n) is 7.02. The molecule has 1 fully saturated rings. The molecule has 0 bridgehead atoms. The fourth-order valence-electron chi connectivity index (χ4n) is 4.93. The molecule has 32 heavy (non-hydrogen) atoms. The summed E-state index contributed by atoms with van der Waals surface area (Å²) in [5.41, 5.74) is 3.89. The largest absolute Gasteiger partial charge is 0.492 e. The topological polar surface area (TPSA) is 9.23 Å². The standard InChI is InChI=1S/C29H40Cl2O/c1-3-5-7-8-22-11-15-25(16-12-22)26-17-13-23(20-27(26)30)9-10-24-14-18-29(28(31)21-24)32-19-6-4-2/h13-14,17-18,20-22,25H,3-12,15-16,19H2,1-2H3/t22-,25-. The predicted molar refractivity (Wildman–Crippen MR) is 140 cm³/mol. The molecule has 0 aromatic heterocycles. The van der Waals surface area contributed by atoms with E-state index in [0.29, 0.717) is 10.9 Å². The van der Waals surface area contributed by atoms with E-state index in [1.807, 2.05) is 12.1 Å². The maximum Gasteiger partial charge on any atom is 0.137 e. The van der Waals surface area contributed by atoms with Crippen molar-refractivity contribution in [2.45, 2.75) is 96.8 Å². The molecule has 3 rings (SSSR count). The summed E-state index contributed by atoms with van der Waals surface area (Å²) in [6.07, 6.45) is 14.9. The molecule has 0 spiro atoms. The SMILES string of the molecule is CCCCC[C@H]1CC[C@H](c2ccc(CCc3ccc(OCCCC)c(Cl)c3)cc2Cl)CC1. The molecule has 2 aromatic rings. The molecule has 1 aliphatic rings. The molecule has 0 saturated heterocycles. The number of aryl methyl sites for hydroxylation is 2. The average Bonchev–Trinajstić information content (AvgIpc) is 2.80. The normalized spacial score (nSPS) is 18.6. The van der Waals surface area contributed by atoms with Crippen LogP contribution in [0.25, 0.3) is 0 Å². The van der Waals surface area contributed by atoms with Crippen LogP contribution < -0.4 is 4.74 Å². The molecule has 0 amide bonds. The van der Waals surface area contributed by atoms with E-state index in [9.17, 15) is 0 Å². The van der Waals surface area contributed by atoms with Gasteiger partial charge in [-0.15, -0.1) is 0 Å². The van der Waals surface area contributed by atoms with Crippen LogP contribution in [0.2, 0.25) is 10.0 Å². The van der Waals surface area contributed by atoms with Gasteiger partial charge in [0.15, 0.2) is 0 Å². The van der Waals surface area contributed by atoms with Crippen molar-refractivity contribution in [2.24, 2.45) is 5.92 Å². The zero-order valence-corrected chi connectivity index (χ0v) is 21.5. The molecule has 2 aromatic carbocycles. The van der Waals surface area contributed by atoms with Crippen LogP contribution >= 0.6 is 23.2 Å². The number of ether oxygens (including phenoxy) is 1. The molecule has 1 aliphatic carbocycles. The number of hydrogen-bond donors (Lipinski definition) is 0. The minimum Gasteiger partial charge on any atom is -0.492 e. The zero-order chi connectivity index (χ0) is 22.8. The first kappa shape index (κ1) is 25.4. The maximum atomic E-state index is 6.75. The van der Waals surface area contributed by atoms with Crippen LogP contribution in [0.4, 0.5) is 0 Å². The van der Waals surface area contributed by atoms with Gasteiger partial charge in [-0.2, -0.15) is 0 Å². The highest BCUT2D eigenvalue weighted by atomic mass is 35.5. The fraction of sp³-hybridized carbons (Fsp3) is 0.586. The lowest BCUT2D eigenvalue weighted by Crippen LogP contribution is -2.13. The van der Waals surface area contributed by atoms with E-state index in [1.165, 1.54) is 68.1 Å². The van der Waals surface area contributed by atoms with E-state index in [4.69, 9.17) is 27.9 Å². The summed E-state index contributed by atoms with van der Waals surface area (Å²) in [5.74, 6) is 2.36. The van der Waals surface area contributed by atoms with E-state index in [-0.39, 0.29) is 0 Å². The molecule has 0 aliphatic heterocycles. The lowest BCUT2D eigenvalue weighted by molar-refractivity contribution is 0.303. The van der Waals surface area contributed by atoms with Gasteiger partial charge in [0.2, 0.25) is 0 Å². The van der Waals surface area contributed by atoms with Gasteiger partial charge in [0.25, 0.3) is 0 Å². The van der Waals surface area contributed by atoms with Gasteiger partial charge < -0.3 is 4.74 Å². The van der Waals surface area contributed by atoms with Crippen molar-refractivity contribution >= 4 is 23.2 Å². The lowest BCUT2D eigenvalue weighted by atomic mass is 9.77. The lowest BCUT2D eigenvalue weighted by Gasteiger charge is -2.29. The van der Waals surface area contributed by atoms with Gasteiger partial charge in [0.05, 0.1) is 11.6 Å². The Bertz CT molecular complexity index is 824. The van der Waals surface area contributed by atoms with E-state index in [2.05, 4.69) is 38.1 Å². The van der Waals surface area contributed by atoms with Crippen LogP contribution in [-0.2, 0) is 12.8 Å². The minimum absolute atomic E-state index is 0.637. The second-order valence-corrected chi connectivity index (χ2v) is 10.4. The van der Waals surface area contributed by atoms with E-state index >= 15 is 0 Å². The number of hydrogen-bond acceptors (Lipinski definition) is 1. The first-order valence-electron chi connectivity index (χ1n) is 12.8. The van der Waals surface area contributed by atoms with Crippen molar-refractivity contribution < 1.29 is 4.74 Å². The highest BCUT2D eigenvalue weighted by molar-refractivity contribution is 6.32. The third kappa shape index (κ3) is 7.70. The minimum atomic E-state index is 0.637. The van der Waals surface area contributed by atoms with Gasteiger partial charge in [-0.05, 0) is 91.7 Å². The van der Waals surface area contributed by atoms with Crippen LogP contribution in [0.3, 0.4) is 0 Å². The Hall–Kier alpha value is -1.18. The number of benzene rings is 2. The van der Waals surface area contributed by atoms with Gasteiger partial charge >= 0.3 is 0 Å². The van der Waals surface area contributed by atoms with Crippen molar-refractivity contribution in [3.63, 3.8) is 0 Å². The second kappa shape index (κ2) is 13.5. The molecule has 1 saturated carbocycles. The molecule has 0 atom stereocenters. The summed E-state index contributed by atoms with van der Waals surface area (Å²) in [7, 11) is 0. The van der Waals surface area contributed by atoms with E-state index in [1.54, 1.807) is 0 Å². The van der Waals surface area contributed by atoms with Crippen molar-refractivity contribution in [3.8, 4) is 5.75 Å². The Balaban J connectivity index is 1.50. The Kier molecular flexibility index (Phi) is 10.7. The van der Waals surface area contributed by atoms with E-state index in [0.717, 1.165) is 49.0 Å². The molecule has 3 heteroatoms. The van der Waals surface area contributed by atoms with Crippen molar-refractivity contribution in [1.29, 1.82) is 0 Å². The summed E-state index contributed by atoms with van der Waals surface area (Å²) in [6, 6.07) is 12.9. The molecule has 1 nitrogen and oxygen atoms in total. The maximum absolute atomic E-state index is 6.75. The van der Waals surface area contributed by atoms with Crippen molar-refractivity contribution in [2.75, 3.05) is 6.61 Å². The second-order valence-electron chi connectivity index (χ2n) is 9.54. The number of halogens is 2. The Labute approximate surface area is 205 Å². The summed E-state index contributed by atoms with van der Waals surface area (Å²) in [4.78, 5) is 0. The van der Waals surface area contributed by atoms with Gasteiger partial charge in [0.1, 0.15) is 5.75 Å². The third-order valence-corrected chi connectivity index (χ3v) is 7.64. The summed E-state index contributed by atoms with van der Waals surface area (Å²) >= 11 is 13.2. The van der Waals surface area contributed by atoms with Gasteiger partial charge in [-0.25, -0.2) is 0 Å². The van der Waals surface area contributed by atoms with Gasteiger partial charge in [0, 0.05) is 5.02 Å². The Morgan fingerprint density at radius 2 is 1.44 bits per heavy atom. The Morgan fingerprint density at radius 1 is 0.781 bits per heavy atom. The van der Waals surface area contributed by atoms with Crippen LogP contribution in [0, 0.1) is 5.92 Å². The zero-order valence-electron chi connectivity index (χ0n) is 20.0. The molecule has 0 unspecified atom stereocenters. The van der Waals surface area contributed by atoms with Gasteiger partial charge in [-0.3, -0.25) is 0 Å². The van der Waals surface area contributed by atoms with Crippen molar-refractivity contribution in [3.05, 3.63) is 63.1 Å². The molecule has 0 N–H and O–H groups in total. The van der Waals surface area contributed by atoms with Crippen LogP contribution in [-0.4, -0.2) is 6.61 Å². The van der Waals surface area contributed by atoms with Crippen LogP contribution in [0.5, 0.6) is 5.75 Å². The highest BCUT2D eigenvalue weighted by Crippen LogP contribution is 2.40. The van der Waals surface area contributed by atoms with Crippen LogP contribution in [0.15, 0.2) is 36.4 Å². The van der Waals surface area contributed by atoms with Gasteiger partial charge in [-0.1, -0.05) is 87.4 Å². The number of rotatable bonds is 12. The average molecular weight is 476 g/mol. The first-order chi connectivity index (χ1) is 15.6. The fourth-order valence-corrected chi connectivity index (χ4v) is 5.55. The van der Waals surface area contributed by atoms with Crippen LogP contribution in [0.1, 0.15) is 101 Å². The monoisotopic (exact) mass is 474 g/mol. The predicted octanol–water partition coefficient (Wildman–Crippen LogP) is 9.81.